The van der Waals surface area contributed by atoms with Crippen molar-refractivity contribution in [3.8, 4) is 0 Å². The van der Waals surface area contributed by atoms with Gasteiger partial charge >= 0.3 is 0 Å². The number of amides is 1. The number of likely N-dealkylation sites (tertiary alicyclic amines) is 1. The summed E-state index contributed by atoms with van der Waals surface area (Å²) in [6, 6.07) is 8.44. The van der Waals surface area contributed by atoms with Crippen LogP contribution in [0.25, 0.3) is 10.9 Å². The van der Waals surface area contributed by atoms with Gasteiger partial charge in [0.2, 0.25) is 0 Å². The molecular formula is C15H16N2OS. The highest BCUT2D eigenvalue weighted by molar-refractivity contribution is 7.99. The minimum atomic E-state index is 0.214. The molecule has 0 atom stereocenters. The number of carbonyl (C=O) groups is 1. The lowest BCUT2D eigenvalue weighted by Gasteiger charge is -2.20. The Morgan fingerprint density at radius 2 is 2.00 bits per heavy atom. The predicted octanol–water partition coefficient (Wildman–Crippen LogP) is 2.98. The summed E-state index contributed by atoms with van der Waals surface area (Å²) in [6.45, 7) is 2.78. The topological polar surface area (TPSA) is 25.2 Å². The molecule has 98 valence electrons. The molecule has 1 aromatic carbocycles. The zero-order chi connectivity index (χ0) is 12.8. The number of thioether (sulfide) groups is 1. The third-order valence-corrected chi connectivity index (χ3v) is 5.10. The van der Waals surface area contributed by atoms with E-state index in [9.17, 15) is 4.79 Å². The molecule has 1 aromatic heterocycles. The van der Waals surface area contributed by atoms with Crippen molar-refractivity contribution < 1.29 is 4.79 Å². The van der Waals surface area contributed by atoms with Crippen LogP contribution in [0.15, 0.2) is 29.2 Å². The first-order valence-electron chi connectivity index (χ1n) is 6.89. The molecule has 2 aliphatic heterocycles. The summed E-state index contributed by atoms with van der Waals surface area (Å²) in [5.74, 6) is 1.27. The van der Waals surface area contributed by atoms with E-state index in [1.165, 1.54) is 15.8 Å². The maximum absolute atomic E-state index is 12.6. The number of carbonyl (C=O) groups excluding carboxylic acids is 1. The molecule has 19 heavy (non-hydrogen) atoms. The van der Waals surface area contributed by atoms with Crippen LogP contribution in [0.1, 0.15) is 23.3 Å². The fraction of sp³-hybridized carbons (Fsp3) is 0.400. The maximum Gasteiger partial charge on any atom is 0.270 e. The highest BCUT2D eigenvalue weighted by Crippen LogP contribution is 2.35. The molecule has 0 aliphatic carbocycles. The second kappa shape index (κ2) is 4.30. The summed E-state index contributed by atoms with van der Waals surface area (Å²) in [5, 5.41) is 1.20. The molecule has 2 aliphatic rings. The molecule has 0 unspecified atom stereocenters. The molecular weight excluding hydrogens is 256 g/mol. The SMILES string of the molecule is O=C(c1cc2cccc3c2n1CCS3)N1CCCC1. The van der Waals surface area contributed by atoms with Crippen molar-refractivity contribution in [2.24, 2.45) is 0 Å². The maximum atomic E-state index is 12.6. The van der Waals surface area contributed by atoms with Crippen molar-refractivity contribution in [1.82, 2.24) is 9.47 Å². The molecule has 0 bridgehead atoms. The molecule has 0 saturated carbocycles. The normalized spacial score (nSPS) is 18.2. The Morgan fingerprint density at radius 1 is 1.16 bits per heavy atom. The Hall–Kier alpha value is -1.42. The van der Waals surface area contributed by atoms with Gasteiger partial charge in [0.15, 0.2) is 0 Å². The number of nitrogens with zero attached hydrogens (tertiary/aromatic N) is 2. The Labute approximate surface area is 116 Å². The first-order valence-corrected chi connectivity index (χ1v) is 7.87. The smallest absolute Gasteiger partial charge is 0.270 e. The molecule has 2 aromatic rings. The number of aromatic nitrogens is 1. The molecule has 3 nitrogen and oxygen atoms in total. The quantitative estimate of drug-likeness (QED) is 0.797. The van der Waals surface area contributed by atoms with Crippen LogP contribution in [0.4, 0.5) is 0 Å². The molecule has 0 N–H and O–H groups in total. The van der Waals surface area contributed by atoms with Crippen LogP contribution in [0.2, 0.25) is 0 Å². The minimum Gasteiger partial charge on any atom is -0.337 e. The van der Waals surface area contributed by atoms with Gasteiger partial charge in [-0.3, -0.25) is 4.79 Å². The van der Waals surface area contributed by atoms with Gasteiger partial charge in [-0.25, -0.2) is 0 Å². The van der Waals surface area contributed by atoms with Gasteiger partial charge in [0.05, 0.1) is 5.52 Å². The number of benzene rings is 1. The van der Waals surface area contributed by atoms with Gasteiger partial charge in [0, 0.05) is 35.7 Å². The number of aryl methyl sites for hydroxylation is 1. The third kappa shape index (κ3) is 1.70. The van der Waals surface area contributed by atoms with Crippen LogP contribution >= 0.6 is 11.8 Å². The first-order chi connectivity index (χ1) is 9.34. The van der Waals surface area contributed by atoms with Gasteiger partial charge in [-0.05, 0) is 25.0 Å². The second-order valence-corrected chi connectivity index (χ2v) is 6.36. The van der Waals surface area contributed by atoms with E-state index >= 15 is 0 Å². The highest BCUT2D eigenvalue weighted by atomic mass is 32.2. The van der Waals surface area contributed by atoms with E-state index in [0.717, 1.165) is 43.9 Å². The fourth-order valence-corrected chi connectivity index (χ4v) is 4.18. The molecule has 4 rings (SSSR count). The van der Waals surface area contributed by atoms with E-state index < -0.39 is 0 Å². The lowest BCUT2D eigenvalue weighted by Crippen LogP contribution is -2.30. The van der Waals surface area contributed by atoms with Crippen molar-refractivity contribution in [1.29, 1.82) is 0 Å². The summed E-state index contributed by atoms with van der Waals surface area (Å²) in [4.78, 5) is 15.9. The van der Waals surface area contributed by atoms with Crippen LogP contribution in [0.3, 0.4) is 0 Å². The van der Waals surface area contributed by atoms with Crippen molar-refractivity contribution in [3.05, 3.63) is 30.0 Å². The van der Waals surface area contributed by atoms with Gasteiger partial charge in [-0.2, -0.15) is 0 Å². The summed E-state index contributed by atoms with van der Waals surface area (Å²) >= 11 is 1.89. The van der Waals surface area contributed by atoms with Crippen molar-refractivity contribution >= 4 is 28.6 Å². The van der Waals surface area contributed by atoms with Crippen molar-refractivity contribution in [3.63, 3.8) is 0 Å². The summed E-state index contributed by atoms with van der Waals surface area (Å²) in [6.07, 6.45) is 2.29. The Morgan fingerprint density at radius 3 is 2.84 bits per heavy atom. The average molecular weight is 272 g/mol. The molecule has 4 heteroatoms. The number of hydrogen-bond acceptors (Lipinski definition) is 2. The Balaban J connectivity index is 1.86. The van der Waals surface area contributed by atoms with Gasteiger partial charge in [-0.1, -0.05) is 12.1 Å². The van der Waals surface area contributed by atoms with Gasteiger partial charge in [0.25, 0.3) is 5.91 Å². The van der Waals surface area contributed by atoms with Crippen molar-refractivity contribution in [2.75, 3.05) is 18.8 Å². The zero-order valence-corrected chi connectivity index (χ0v) is 11.6. The van der Waals surface area contributed by atoms with Gasteiger partial charge in [0.1, 0.15) is 5.69 Å². The van der Waals surface area contributed by atoms with Crippen LogP contribution < -0.4 is 0 Å². The van der Waals surface area contributed by atoms with Crippen LogP contribution in [-0.2, 0) is 6.54 Å². The Kier molecular flexibility index (Phi) is 2.58. The number of para-hydroxylation sites is 1. The minimum absolute atomic E-state index is 0.214. The van der Waals surface area contributed by atoms with Gasteiger partial charge < -0.3 is 9.47 Å². The summed E-state index contributed by atoms with van der Waals surface area (Å²) in [7, 11) is 0. The van der Waals surface area contributed by atoms with E-state index in [-0.39, 0.29) is 5.91 Å². The molecule has 1 amide bonds. The standard InChI is InChI=1S/C15H16N2OS/c18-15(16-6-1-2-7-16)12-10-11-4-3-5-13-14(11)17(12)8-9-19-13/h3-5,10H,1-2,6-9H2. The average Bonchev–Trinajstić information content (AvgIpc) is 3.08. The highest BCUT2D eigenvalue weighted by Gasteiger charge is 2.25. The predicted molar refractivity (Wildman–Crippen MR) is 77.8 cm³/mol. The van der Waals surface area contributed by atoms with E-state index in [1.54, 1.807) is 0 Å². The van der Waals surface area contributed by atoms with E-state index in [1.807, 2.05) is 16.7 Å². The third-order valence-electron chi connectivity index (χ3n) is 4.07. The van der Waals surface area contributed by atoms with Crippen LogP contribution in [-0.4, -0.2) is 34.2 Å². The molecule has 1 saturated heterocycles. The summed E-state index contributed by atoms with van der Waals surface area (Å²) in [5.41, 5.74) is 2.13. The summed E-state index contributed by atoms with van der Waals surface area (Å²) < 4.78 is 2.22. The fourth-order valence-electron chi connectivity index (χ4n) is 3.15. The first kappa shape index (κ1) is 11.4. The molecule has 0 spiro atoms. The van der Waals surface area contributed by atoms with Gasteiger partial charge in [-0.15, -0.1) is 11.8 Å². The molecule has 3 heterocycles. The number of hydrogen-bond donors (Lipinski definition) is 0. The van der Waals surface area contributed by atoms with Crippen LogP contribution in [0, 0.1) is 0 Å². The van der Waals surface area contributed by atoms with E-state index in [4.69, 9.17) is 0 Å². The number of rotatable bonds is 1. The molecule has 0 radical (unpaired) electrons. The second-order valence-electron chi connectivity index (χ2n) is 5.22. The largest absolute Gasteiger partial charge is 0.337 e. The van der Waals surface area contributed by atoms with Crippen molar-refractivity contribution in [2.45, 2.75) is 24.3 Å². The lowest BCUT2D eigenvalue weighted by atomic mass is 10.2. The molecule has 1 fully saturated rings. The van der Waals surface area contributed by atoms with E-state index in [2.05, 4.69) is 28.8 Å². The van der Waals surface area contributed by atoms with Crippen LogP contribution in [0.5, 0.6) is 0 Å². The lowest BCUT2D eigenvalue weighted by molar-refractivity contribution is 0.0783. The zero-order valence-electron chi connectivity index (χ0n) is 10.8. The Bertz CT molecular complexity index is 655. The van der Waals surface area contributed by atoms with E-state index in [0.29, 0.717) is 0 Å². The monoisotopic (exact) mass is 272 g/mol.